The van der Waals surface area contributed by atoms with Gasteiger partial charge >= 0.3 is 0 Å². The molecule has 0 bridgehead atoms. The van der Waals surface area contributed by atoms with Crippen LogP contribution < -0.4 is 4.90 Å². The molecule has 0 saturated carbocycles. The van der Waals surface area contributed by atoms with Gasteiger partial charge in [0.2, 0.25) is 0 Å². The van der Waals surface area contributed by atoms with Crippen molar-refractivity contribution >= 4 is 12.0 Å². The predicted molar refractivity (Wildman–Crippen MR) is 81.0 cm³/mol. The van der Waals surface area contributed by atoms with E-state index in [-0.39, 0.29) is 0 Å². The van der Waals surface area contributed by atoms with Crippen LogP contribution in [-0.4, -0.2) is 19.4 Å². The third-order valence-corrected chi connectivity index (χ3v) is 4.37. The van der Waals surface area contributed by atoms with E-state index in [1.807, 2.05) is 13.0 Å². The van der Waals surface area contributed by atoms with Crippen LogP contribution in [0.2, 0.25) is 0 Å². The van der Waals surface area contributed by atoms with Crippen molar-refractivity contribution in [3.8, 4) is 0 Å². The Balaban J connectivity index is 2.16. The average Bonchev–Trinajstić information content (AvgIpc) is 2.64. The molecule has 2 rings (SSSR count). The third kappa shape index (κ3) is 3.37. The zero-order chi connectivity index (χ0) is 13.8. The van der Waals surface area contributed by atoms with E-state index in [0.717, 1.165) is 48.0 Å². The molecule has 104 valence electrons. The molecule has 1 aromatic rings. The number of hydrogen-bond acceptors (Lipinski definition) is 2. The normalized spacial score (nSPS) is 20.4. The summed E-state index contributed by atoms with van der Waals surface area (Å²) in [5.74, 6) is 1.60. The van der Waals surface area contributed by atoms with Gasteiger partial charge in [0.15, 0.2) is 6.29 Å². The van der Waals surface area contributed by atoms with Crippen LogP contribution >= 0.6 is 0 Å². The molecule has 0 aliphatic carbocycles. The second kappa shape index (κ2) is 6.23. The molecule has 0 aromatic heterocycles. The molecule has 1 heterocycles. The molecular weight excluding hydrogens is 234 g/mol. The number of rotatable bonds is 3. The van der Waals surface area contributed by atoms with Gasteiger partial charge in [-0.15, -0.1) is 0 Å². The summed E-state index contributed by atoms with van der Waals surface area (Å²) in [6, 6.07) is 6.20. The molecule has 0 radical (unpaired) electrons. The zero-order valence-corrected chi connectivity index (χ0v) is 12.4. The molecule has 0 amide bonds. The van der Waals surface area contributed by atoms with E-state index >= 15 is 0 Å². The minimum atomic E-state index is 0.767. The molecular formula is C17H25NO. The van der Waals surface area contributed by atoms with E-state index in [4.69, 9.17) is 0 Å². The molecule has 1 atom stereocenters. The van der Waals surface area contributed by atoms with Gasteiger partial charge in [0, 0.05) is 24.3 Å². The molecule has 1 aromatic carbocycles. The van der Waals surface area contributed by atoms with E-state index in [9.17, 15) is 4.79 Å². The smallest absolute Gasteiger partial charge is 0.152 e. The average molecular weight is 259 g/mol. The Morgan fingerprint density at radius 1 is 1.26 bits per heavy atom. The van der Waals surface area contributed by atoms with Gasteiger partial charge in [-0.05, 0) is 50.2 Å². The molecule has 1 saturated heterocycles. The number of aryl methyl sites for hydroxylation is 1. The Morgan fingerprint density at radius 2 is 2.05 bits per heavy atom. The first-order chi connectivity index (χ1) is 9.11. The molecule has 0 spiro atoms. The number of anilines is 1. The highest BCUT2D eigenvalue weighted by Gasteiger charge is 2.20. The van der Waals surface area contributed by atoms with Crippen molar-refractivity contribution in [2.75, 3.05) is 18.0 Å². The number of benzene rings is 1. The van der Waals surface area contributed by atoms with Crippen LogP contribution in [0.3, 0.4) is 0 Å². The van der Waals surface area contributed by atoms with Gasteiger partial charge in [-0.2, -0.15) is 0 Å². The van der Waals surface area contributed by atoms with Gasteiger partial charge in [0.25, 0.3) is 0 Å². The van der Waals surface area contributed by atoms with Crippen LogP contribution in [0.5, 0.6) is 0 Å². The largest absolute Gasteiger partial charge is 0.371 e. The Hall–Kier alpha value is -1.31. The SMILES string of the molecule is Cc1ccc(N2CCCC(C(C)C)CC2)c(C=O)c1. The van der Waals surface area contributed by atoms with Crippen LogP contribution in [0.25, 0.3) is 0 Å². The van der Waals surface area contributed by atoms with Crippen molar-refractivity contribution in [2.24, 2.45) is 11.8 Å². The first-order valence-electron chi connectivity index (χ1n) is 7.42. The maximum absolute atomic E-state index is 11.3. The number of nitrogens with zero attached hydrogens (tertiary/aromatic N) is 1. The fourth-order valence-electron chi connectivity index (χ4n) is 3.09. The Morgan fingerprint density at radius 3 is 2.74 bits per heavy atom. The summed E-state index contributed by atoms with van der Waals surface area (Å²) >= 11 is 0. The van der Waals surface area contributed by atoms with Gasteiger partial charge < -0.3 is 4.90 Å². The summed E-state index contributed by atoms with van der Waals surface area (Å²) < 4.78 is 0. The fraction of sp³-hybridized carbons (Fsp3) is 0.588. The third-order valence-electron chi connectivity index (χ3n) is 4.37. The first kappa shape index (κ1) is 14.1. The summed E-state index contributed by atoms with van der Waals surface area (Å²) in [6.45, 7) is 8.83. The van der Waals surface area contributed by atoms with Crippen LogP contribution in [0.15, 0.2) is 18.2 Å². The summed E-state index contributed by atoms with van der Waals surface area (Å²) in [5.41, 5.74) is 3.11. The Kier molecular flexibility index (Phi) is 4.62. The lowest BCUT2D eigenvalue weighted by Crippen LogP contribution is -2.25. The van der Waals surface area contributed by atoms with Crippen molar-refractivity contribution < 1.29 is 4.79 Å². The maximum Gasteiger partial charge on any atom is 0.152 e. The van der Waals surface area contributed by atoms with Crippen molar-refractivity contribution in [3.05, 3.63) is 29.3 Å². The van der Waals surface area contributed by atoms with Crippen LogP contribution in [0.4, 0.5) is 5.69 Å². The highest BCUT2D eigenvalue weighted by molar-refractivity contribution is 5.85. The van der Waals surface area contributed by atoms with Gasteiger partial charge in [-0.1, -0.05) is 25.5 Å². The van der Waals surface area contributed by atoms with Crippen molar-refractivity contribution in [3.63, 3.8) is 0 Å². The first-order valence-corrected chi connectivity index (χ1v) is 7.42. The lowest BCUT2D eigenvalue weighted by Gasteiger charge is -2.25. The van der Waals surface area contributed by atoms with E-state index in [1.165, 1.54) is 19.3 Å². The molecule has 1 unspecified atom stereocenters. The topological polar surface area (TPSA) is 20.3 Å². The van der Waals surface area contributed by atoms with Crippen LogP contribution in [-0.2, 0) is 0 Å². The number of aldehydes is 1. The lowest BCUT2D eigenvalue weighted by molar-refractivity contribution is 0.112. The molecule has 2 heteroatoms. The lowest BCUT2D eigenvalue weighted by atomic mass is 9.89. The van der Waals surface area contributed by atoms with E-state index < -0.39 is 0 Å². The summed E-state index contributed by atoms with van der Waals surface area (Å²) in [6.07, 6.45) is 4.78. The quantitative estimate of drug-likeness (QED) is 0.763. The maximum atomic E-state index is 11.3. The molecule has 1 fully saturated rings. The van der Waals surface area contributed by atoms with E-state index in [1.54, 1.807) is 0 Å². The summed E-state index contributed by atoms with van der Waals surface area (Å²) in [7, 11) is 0. The Bertz CT molecular complexity index is 439. The van der Waals surface area contributed by atoms with Crippen molar-refractivity contribution in [2.45, 2.75) is 40.0 Å². The van der Waals surface area contributed by atoms with E-state index in [0.29, 0.717) is 0 Å². The standard InChI is InChI=1S/C17H25NO/c1-13(2)15-5-4-9-18(10-8-15)17-7-6-14(3)11-16(17)12-19/h6-7,11-13,15H,4-5,8-10H2,1-3H3. The monoisotopic (exact) mass is 259 g/mol. The molecule has 1 aliphatic heterocycles. The molecule has 2 nitrogen and oxygen atoms in total. The van der Waals surface area contributed by atoms with Crippen LogP contribution in [0, 0.1) is 18.8 Å². The zero-order valence-electron chi connectivity index (χ0n) is 12.4. The van der Waals surface area contributed by atoms with Crippen LogP contribution in [0.1, 0.15) is 49.0 Å². The number of carbonyl (C=O) groups is 1. The highest BCUT2D eigenvalue weighted by atomic mass is 16.1. The van der Waals surface area contributed by atoms with Gasteiger partial charge in [-0.3, -0.25) is 4.79 Å². The summed E-state index contributed by atoms with van der Waals surface area (Å²) in [4.78, 5) is 13.6. The molecule has 0 N–H and O–H groups in total. The predicted octanol–water partition coefficient (Wildman–Crippen LogP) is 4.07. The highest BCUT2D eigenvalue weighted by Crippen LogP contribution is 2.28. The number of hydrogen-bond donors (Lipinski definition) is 0. The van der Waals surface area contributed by atoms with Gasteiger partial charge in [0.1, 0.15) is 0 Å². The minimum absolute atomic E-state index is 0.767. The second-order valence-electron chi connectivity index (χ2n) is 6.10. The number of carbonyl (C=O) groups excluding carboxylic acids is 1. The van der Waals surface area contributed by atoms with Crippen molar-refractivity contribution in [1.82, 2.24) is 0 Å². The van der Waals surface area contributed by atoms with E-state index in [2.05, 4.69) is 30.9 Å². The Labute approximate surface area is 116 Å². The molecule has 19 heavy (non-hydrogen) atoms. The van der Waals surface area contributed by atoms with Gasteiger partial charge in [-0.25, -0.2) is 0 Å². The van der Waals surface area contributed by atoms with Gasteiger partial charge in [0.05, 0.1) is 0 Å². The fourth-order valence-corrected chi connectivity index (χ4v) is 3.09. The van der Waals surface area contributed by atoms with Crippen molar-refractivity contribution in [1.29, 1.82) is 0 Å². The summed E-state index contributed by atoms with van der Waals surface area (Å²) in [5, 5.41) is 0. The second-order valence-corrected chi connectivity index (χ2v) is 6.10. The minimum Gasteiger partial charge on any atom is -0.371 e. The molecule has 1 aliphatic rings.